The molecule has 1 fully saturated rings. The molecule has 2 aromatic rings. The molecule has 132 valence electrons. The molecule has 2 heterocycles. The van der Waals surface area contributed by atoms with Gasteiger partial charge >= 0.3 is 0 Å². The molecule has 8 heteroatoms. The minimum absolute atomic E-state index is 0.0246. The number of nitrogens with one attached hydrogen (secondary N) is 1. The van der Waals surface area contributed by atoms with Crippen molar-refractivity contribution in [3.63, 3.8) is 0 Å². The molecule has 1 N–H and O–H groups in total. The molecule has 1 aromatic carbocycles. The molecule has 1 aliphatic rings. The lowest BCUT2D eigenvalue weighted by molar-refractivity contribution is -0.385. The number of hydrogen-bond acceptors (Lipinski definition) is 5. The highest BCUT2D eigenvalue weighted by molar-refractivity contribution is 5.91. The van der Waals surface area contributed by atoms with Gasteiger partial charge in [-0.2, -0.15) is 5.10 Å². The van der Waals surface area contributed by atoms with E-state index in [-0.39, 0.29) is 18.0 Å². The Morgan fingerprint density at radius 3 is 3.04 bits per heavy atom. The Labute approximate surface area is 144 Å². The summed E-state index contributed by atoms with van der Waals surface area (Å²) in [6.45, 7) is 3.82. The third-order valence-corrected chi connectivity index (χ3v) is 4.40. The van der Waals surface area contributed by atoms with E-state index in [4.69, 9.17) is 4.74 Å². The highest BCUT2D eigenvalue weighted by Crippen LogP contribution is 2.22. The number of aromatic nitrogens is 2. The summed E-state index contributed by atoms with van der Waals surface area (Å²) in [6.07, 6.45) is 2.70. The first-order valence-corrected chi connectivity index (χ1v) is 8.17. The topological polar surface area (TPSA) is 99.3 Å². The summed E-state index contributed by atoms with van der Waals surface area (Å²) in [4.78, 5) is 22.9. The molecule has 0 bridgehead atoms. The maximum absolute atomic E-state index is 12.4. The second kappa shape index (κ2) is 7.43. The van der Waals surface area contributed by atoms with Crippen LogP contribution < -0.4 is 5.32 Å². The van der Waals surface area contributed by atoms with Crippen molar-refractivity contribution in [1.82, 2.24) is 9.78 Å². The molecule has 8 nitrogen and oxygen atoms in total. The van der Waals surface area contributed by atoms with Gasteiger partial charge < -0.3 is 10.1 Å². The summed E-state index contributed by atoms with van der Waals surface area (Å²) in [5.74, 6) is 0.794. The third kappa shape index (κ3) is 4.03. The monoisotopic (exact) mass is 344 g/mol. The van der Waals surface area contributed by atoms with Crippen LogP contribution in [0.25, 0.3) is 0 Å². The van der Waals surface area contributed by atoms with Gasteiger partial charge in [-0.05, 0) is 18.9 Å². The fourth-order valence-corrected chi connectivity index (χ4v) is 2.98. The van der Waals surface area contributed by atoms with Gasteiger partial charge in [-0.3, -0.25) is 14.9 Å². The Bertz CT molecular complexity index is 781. The van der Waals surface area contributed by atoms with Crippen LogP contribution in [0, 0.1) is 23.0 Å². The summed E-state index contributed by atoms with van der Waals surface area (Å²) < 4.78 is 7.13. The van der Waals surface area contributed by atoms with E-state index in [1.807, 2.05) is 0 Å². The molecule has 1 saturated heterocycles. The predicted octanol–water partition coefficient (Wildman–Crippen LogP) is 2.32. The SMILES string of the molecule is Cc1c(CC(=O)Nc2ccnn2C[C@H]2CCOC2)cccc1[N+](=O)[O-]. The number of amides is 1. The Balaban J connectivity index is 1.66. The van der Waals surface area contributed by atoms with Crippen LogP contribution in [0.5, 0.6) is 0 Å². The second-order valence-electron chi connectivity index (χ2n) is 6.17. The number of nitro benzene ring substituents is 1. The van der Waals surface area contributed by atoms with Gasteiger partial charge in [-0.1, -0.05) is 12.1 Å². The molecule has 1 amide bonds. The number of rotatable bonds is 6. The predicted molar refractivity (Wildman–Crippen MR) is 91.3 cm³/mol. The lowest BCUT2D eigenvalue weighted by Crippen LogP contribution is -2.20. The third-order valence-electron chi connectivity index (χ3n) is 4.40. The number of anilines is 1. The first-order valence-electron chi connectivity index (χ1n) is 8.17. The van der Waals surface area contributed by atoms with E-state index < -0.39 is 4.92 Å². The quantitative estimate of drug-likeness (QED) is 0.640. The summed E-state index contributed by atoms with van der Waals surface area (Å²) in [5, 5.41) is 18.1. The Morgan fingerprint density at radius 2 is 2.32 bits per heavy atom. The molecule has 3 rings (SSSR count). The van der Waals surface area contributed by atoms with E-state index in [0.717, 1.165) is 13.0 Å². The van der Waals surface area contributed by atoms with E-state index in [2.05, 4.69) is 10.4 Å². The van der Waals surface area contributed by atoms with Crippen LogP contribution in [0.4, 0.5) is 11.5 Å². The van der Waals surface area contributed by atoms with Crippen molar-refractivity contribution < 1.29 is 14.5 Å². The lowest BCUT2D eigenvalue weighted by Gasteiger charge is -2.12. The average Bonchev–Trinajstić information content (AvgIpc) is 3.22. The van der Waals surface area contributed by atoms with Gasteiger partial charge in [0.25, 0.3) is 5.69 Å². The van der Waals surface area contributed by atoms with E-state index in [1.165, 1.54) is 6.07 Å². The number of hydrogen-bond donors (Lipinski definition) is 1. The molecule has 0 aliphatic carbocycles. The number of carbonyl (C=O) groups is 1. The van der Waals surface area contributed by atoms with Crippen molar-refractivity contribution in [2.45, 2.75) is 26.3 Å². The Morgan fingerprint density at radius 1 is 1.48 bits per heavy atom. The summed E-state index contributed by atoms with van der Waals surface area (Å²) >= 11 is 0. The summed E-state index contributed by atoms with van der Waals surface area (Å²) in [5.41, 5.74) is 1.18. The van der Waals surface area contributed by atoms with Crippen LogP contribution in [-0.4, -0.2) is 33.8 Å². The van der Waals surface area contributed by atoms with Crippen molar-refractivity contribution in [3.05, 3.63) is 51.7 Å². The zero-order valence-corrected chi connectivity index (χ0v) is 14.0. The van der Waals surface area contributed by atoms with Crippen molar-refractivity contribution in [2.75, 3.05) is 18.5 Å². The van der Waals surface area contributed by atoms with Gasteiger partial charge in [-0.15, -0.1) is 0 Å². The van der Waals surface area contributed by atoms with Crippen LogP contribution in [0.2, 0.25) is 0 Å². The molecule has 1 aliphatic heterocycles. The van der Waals surface area contributed by atoms with Gasteiger partial charge in [0.15, 0.2) is 0 Å². The first-order chi connectivity index (χ1) is 12.0. The summed E-state index contributed by atoms with van der Waals surface area (Å²) in [6, 6.07) is 6.51. The minimum Gasteiger partial charge on any atom is -0.381 e. The van der Waals surface area contributed by atoms with E-state index in [0.29, 0.717) is 36.0 Å². The Hall–Kier alpha value is -2.74. The lowest BCUT2D eigenvalue weighted by atomic mass is 10.0. The number of nitro groups is 1. The molecule has 1 aromatic heterocycles. The van der Waals surface area contributed by atoms with Crippen LogP contribution in [0.1, 0.15) is 17.5 Å². The van der Waals surface area contributed by atoms with Gasteiger partial charge in [-0.25, -0.2) is 4.68 Å². The highest BCUT2D eigenvalue weighted by atomic mass is 16.6. The van der Waals surface area contributed by atoms with Gasteiger partial charge in [0.05, 0.1) is 24.1 Å². The highest BCUT2D eigenvalue weighted by Gasteiger charge is 2.19. The molecule has 0 unspecified atom stereocenters. The molecular formula is C17H20N4O4. The summed E-state index contributed by atoms with van der Waals surface area (Å²) in [7, 11) is 0. The van der Waals surface area contributed by atoms with E-state index >= 15 is 0 Å². The molecule has 0 radical (unpaired) electrons. The molecule has 1 atom stereocenters. The molecule has 0 spiro atoms. The zero-order chi connectivity index (χ0) is 17.8. The number of benzene rings is 1. The van der Waals surface area contributed by atoms with Gasteiger partial charge in [0, 0.05) is 36.8 Å². The van der Waals surface area contributed by atoms with Crippen molar-refractivity contribution in [2.24, 2.45) is 5.92 Å². The zero-order valence-electron chi connectivity index (χ0n) is 14.0. The number of nitrogens with zero attached hydrogens (tertiary/aromatic N) is 3. The number of ether oxygens (including phenoxy) is 1. The van der Waals surface area contributed by atoms with Crippen molar-refractivity contribution in [3.8, 4) is 0 Å². The van der Waals surface area contributed by atoms with Gasteiger partial charge in [0.2, 0.25) is 5.91 Å². The standard InChI is InChI=1S/C17H20N4O4/c1-12-14(3-2-4-15(12)21(23)24)9-17(22)19-16-5-7-18-20(16)10-13-6-8-25-11-13/h2-5,7,13H,6,8-11H2,1H3,(H,19,22)/t13-/m1/s1. The van der Waals surface area contributed by atoms with Crippen LogP contribution >= 0.6 is 0 Å². The van der Waals surface area contributed by atoms with E-state index in [9.17, 15) is 14.9 Å². The average molecular weight is 344 g/mol. The largest absolute Gasteiger partial charge is 0.381 e. The smallest absolute Gasteiger partial charge is 0.272 e. The fourth-order valence-electron chi connectivity index (χ4n) is 2.98. The van der Waals surface area contributed by atoms with Crippen LogP contribution in [0.15, 0.2) is 30.5 Å². The first kappa shape index (κ1) is 17.1. The van der Waals surface area contributed by atoms with Crippen molar-refractivity contribution >= 4 is 17.4 Å². The molecule has 0 saturated carbocycles. The van der Waals surface area contributed by atoms with Crippen molar-refractivity contribution in [1.29, 1.82) is 0 Å². The normalized spacial score (nSPS) is 16.8. The minimum atomic E-state index is -0.435. The molecule has 25 heavy (non-hydrogen) atoms. The maximum atomic E-state index is 12.4. The second-order valence-corrected chi connectivity index (χ2v) is 6.17. The van der Waals surface area contributed by atoms with Gasteiger partial charge in [0.1, 0.15) is 5.82 Å². The molecular weight excluding hydrogens is 324 g/mol. The maximum Gasteiger partial charge on any atom is 0.272 e. The fraction of sp³-hybridized carbons (Fsp3) is 0.412. The van der Waals surface area contributed by atoms with E-state index in [1.54, 1.807) is 36.0 Å². The van der Waals surface area contributed by atoms with Crippen LogP contribution in [0.3, 0.4) is 0 Å². The number of carbonyl (C=O) groups excluding carboxylic acids is 1. The Kier molecular flexibility index (Phi) is 5.08. The van der Waals surface area contributed by atoms with Crippen LogP contribution in [-0.2, 0) is 22.5 Å².